The van der Waals surface area contributed by atoms with Gasteiger partial charge in [-0.2, -0.15) is 5.10 Å². The van der Waals surface area contributed by atoms with E-state index >= 15 is 0 Å². The Labute approximate surface area is 156 Å². The van der Waals surface area contributed by atoms with Crippen LogP contribution in [0.15, 0.2) is 53.5 Å². The third-order valence-electron chi connectivity index (χ3n) is 3.65. The zero-order chi connectivity index (χ0) is 18.7. The molecule has 0 saturated carbocycles. The molecule has 3 aromatic rings. The van der Waals surface area contributed by atoms with Crippen molar-refractivity contribution in [2.45, 2.75) is 13.0 Å². The molecule has 0 saturated heterocycles. The van der Waals surface area contributed by atoms with Gasteiger partial charge in [0, 0.05) is 16.2 Å². The van der Waals surface area contributed by atoms with Crippen molar-refractivity contribution in [2.24, 2.45) is 0 Å². The molecule has 9 heteroatoms. The largest absolute Gasteiger partial charge is 0.352 e. The van der Waals surface area contributed by atoms with Crippen LogP contribution in [0.4, 0.5) is 25.8 Å². The van der Waals surface area contributed by atoms with Gasteiger partial charge in [0.2, 0.25) is 5.91 Å². The molecule has 1 atom stereocenters. The van der Waals surface area contributed by atoms with Crippen LogP contribution in [0.5, 0.6) is 0 Å². The van der Waals surface area contributed by atoms with Gasteiger partial charge in [-0.25, -0.2) is 18.4 Å². The van der Waals surface area contributed by atoms with E-state index in [1.54, 1.807) is 25.1 Å². The van der Waals surface area contributed by atoms with Crippen molar-refractivity contribution in [3.8, 4) is 0 Å². The molecule has 6 nitrogen and oxygen atoms in total. The van der Waals surface area contributed by atoms with E-state index in [4.69, 9.17) is 0 Å². The maximum atomic E-state index is 13.8. The first-order valence-corrected chi connectivity index (χ1v) is 8.40. The van der Waals surface area contributed by atoms with Crippen LogP contribution in [0.1, 0.15) is 13.0 Å². The van der Waals surface area contributed by atoms with Crippen molar-refractivity contribution in [2.75, 3.05) is 10.6 Å². The molecule has 0 aliphatic carbocycles. The fourth-order valence-corrected chi connectivity index (χ4v) is 2.69. The van der Waals surface area contributed by atoms with Crippen molar-refractivity contribution in [1.29, 1.82) is 0 Å². The van der Waals surface area contributed by atoms with Gasteiger partial charge in [0.05, 0.1) is 11.4 Å². The molecule has 0 fully saturated rings. The van der Waals surface area contributed by atoms with E-state index in [1.165, 1.54) is 29.5 Å². The summed E-state index contributed by atoms with van der Waals surface area (Å²) in [5.74, 6) is -1.60. The van der Waals surface area contributed by atoms with E-state index in [9.17, 15) is 13.6 Å². The maximum absolute atomic E-state index is 13.8. The summed E-state index contributed by atoms with van der Waals surface area (Å²) in [7, 11) is 0. The molecule has 3 rings (SSSR count). The minimum Gasteiger partial charge on any atom is -0.352 e. The van der Waals surface area contributed by atoms with E-state index < -0.39 is 17.7 Å². The molecule has 0 spiro atoms. The maximum Gasteiger partial charge on any atom is 0.249 e. The zero-order valence-corrected chi connectivity index (χ0v) is 15.2. The average molecular weight is 422 g/mol. The van der Waals surface area contributed by atoms with Crippen molar-refractivity contribution >= 4 is 38.9 Å². The van der Waals surface area contributed by atoms with Crippen LogP contribution in [-0.4, -0.2) is 20.7 Å². The minimum atomic E-state index is -0.698. The predicted molar refractivity (Wildman–Crippen MR) is 97.1 cm³/mol. The van der Waals surface area contributed by atoms with Crippen LogP contribution < -0.4 is 10.6 Å². The standard InChI is InChI=1S/C17H14BrF2N5O/c1-10(25-9-21-8-22-25)17(26)23-12-3-5-15(13(18)7-12)24-16-4-2-11(19)6-14(16)20/h2-10,24H,1H3,(H,23,26). The van der Waals surface area contributed by atoms with Crippen LogP contribution in [0, 0.1) is 11.6 Å². The summed E-state index contributed by atoms with van der Waals surface area (Å²) in [5.41, 5.74) is 1.26. The third-order valence-corrected chi connectivity index (χ3v) is 4.31. The Hall–Kier alpha value is -2.81. The van der Waals surface area contributed by atoms with E-state index in [2.05, 4.69) is 36.6 Å². The number of rotatable bonds is 5. The summed E-state index contributed by atoms with van der Waals surface area (Å²) in [4.78, 5) is 16.1. The first kappa shape index (κ1) is 18.0. The highest BCUT2D eigenvalue weighted by molar-refractivity contribution is 9.10. The molecule has 26 heavy (non-hydrogen) atoms. The molecule has 0 radical (unpaired) electrons. The number of benzene rings is 2. The molecule has 1 heterocycles. The lowest BCUT2D eigenvalue weighted by Gasteiger charge is -2.14. The summed E-state index contributed by atoms with van der Waals surface area (Å²) in [6.07, 6.45) is 2.82. The lowest BCUT2D eigenvalue weighted by atomic mass is 10.2. The number of nitrogens with one attached hydrogen (secondary N) is 2. The van der Waals surface area contributed by atoms with Crippen molar-refractivity contribution in [1.82, 2.24) is 14.8 Å². The molecule has 2 aromatic carbocycles. The Bertz CT molecular complexity index is 933. The van der Waals surface area contributed by atoms with E-state index in [1.807, 2.05) is 0 Å². The Morgan fingerprint density at radius 2 is 1.96 bits per heavy atom. The third kappa shape index (κ3) is 4.05. The van der Waals surface area contributed by atoms with Gasteiger partial charge in [-0.15, -0.1) is 0 Å². The van der Waals surface area contributed by atoms with Gasteiger partial charge in [-0.1, -0.05) is 0 Å². The second-order valence-electron chi connectivity index (χ2n) is 5.48. The SMILES string of the molecule is CC(C(=O)Nc1ccc(Nc2ccc(F)cc2F)c(Br)c1)n1cncn1. The van der Waals surface area contributed by atoms with Crippen molar-refractivity contribution in [3.05, 3.63) is 65.2 Å². The second-order valence-corrected chi connectivity index (χ2v) is 6.34. The number of nitrogens with zero attached hydrogens (tertiary/aromatic N) is 3. The summed E-state index contributed by atoms with van der Waals surface area (Å²) in [6.45, 7) is 1.70. The first-order chi connectivity index (χ1) is 12.4. The Balaban J connectivity index is 1.72. The zero-order valence-electron chi connectivity index (χ0n) is 13.6. The van der Waals surface area contributed by atoms with Crippen molar-refractivity contribution in [3.63, 3.8) is 0 Å². The smallest absolute Gasteiger partial charge is 0.249 e. The average Bonchev–Trinajstić information content (AvgIpc) is 3.13. The van der Waals surface area contributed by atoms with Crippen LogP contribution in [0.25, 0.3) is 0 Å². The van der Waals surface area contributed by atoms with Crippen LogP contribution in [0.3, 0.4) is 0 Å². The van der Waals surface area contributed by atoms with Gasteiger partial charge in [0.15, 0.2) is 0 Å². The quantitative estimate of drug-likeness (QED) is 0.645. The molecule has 0 bridgehead atoms. The number of hydrogen-bond acceptors (Lipinski definition) is 4. The lowest BCUT2D eigenvalue weighted by Crippen LogP contribution is -2.24. The molecule has 0 aliphatic heterocycles. The predicted octanol–water partition coefficient (Wildman–Crippen LogP) is 4.26. The lowest BCUT2D eigenvalue weighted by molar-refractivity contribution is -0.119. The molecule has 0 aliphatic rings. The van der Waals surface area contributed by atoms with Gasteiger partial charge in [-0.05, 0) is 53.2 Å². The van der Waals surface area contributed by atoms with Gasteiger partial charge >= 0.3 is 0 Å². The Kier molecular flexibility index (Phi) is 5.27. The number of carbonyl (C=O) groups is 1. The van der Waals surface area contributed by atoms with Gasteiger partial charge in [0.1, 0.15) is 30.3 Å². The fraction of sp³-hybridized carbons (Fsp3) is 0.118. The number of anilines is 3. The molecule has 134 valence electrons. The van der Waals surface area contributed by atoms with Crippen molar-refractivity contribution < 1.29 is 13.6 Å². The van der Waals surface area contributed by atoms with Crippen LogP contribution in [0.2, 0.25) is 0 Å². The highest BCUT2D eigenvalue weighted by Crippen LogP contribution is 2.30. The minimum absolute atomic E-state index is 0.142. The number of amides is 1. The monoisotopic (exact) mass is 421 g/mol. The molecular formula is C17H14BrF2N5O. The van der Waals surface area contributed by atoms with Gasteiger partial charge < -0.3 is 10.6 Å². The summed E-state index contributed by atoms with van der Waals surface area (Å²) in [6, 6.07) is 7.77. The topological polar surface area (TPSA) is 71.8 Å². The van der Waals surface area contributed by atoms with Crippen LogP contribution in [-0.2, 0) is 4.79 Å². The molecule has 1 unspecified atom stereocenters. The molecule has 1 aromatic heterocycles. The first-order valence-electron chi connectivity index (χ1n) is 7.60. The molecular weight excluding hydrogens is 408 g/mol. The second kappa shape index (κ2) is 7.61. The number of hydrogen-bond donors (Lipinski definition) is 2. The summed E-state index contributed by atoms with van der Waals surface area (Å²) >= 11 is 3.37. The van der Waals surface area contributed by atoms with Gasteiger partial charge in [-0.3, -0.25) is 4.79 Å². The normalized spacial score (nSPS) is 11.8. The number of halogens is 3. The number of carbonyl (C=O) groups excluding carboxylic acids is 1. The van der Waals surface area contributed by atoms with Crippen LogP contribution >= 0.6 is 15.9 Å². The fourth-order valence-electron chi connectivity index (χ4n) is 2.21. The Morgan fingerprint density at radius 1 is 1.19 bits per heavy atom. The van der Waals surface area contributed by atoms with E-state index in [-0.39, 0.29) is 11.6 Å². The molecule has 1 amide bonds. The highest BCUT2D eigenvalue weighted by Gasteiger charge is 2.16. The summed E-state index contributed by atoms with van der Waals surface area (Å²) in [5, 5.41) is 9.58. The van der Waals surface area contributed by atoms with E-state index in [0.29, 0.717) is 15.8 Å². The Morgan fingerprint density at radius 3 is 2.62 bits per heavy atom. The molecule has 2 N–H and O–H groups in total. The summed E-state index contributed by atoms with van der Waals surface area (Å²) < 4.78 is 28.8. The van der Waals surface area contributed by atoms with E-state index in [0.717, 1.165) is 6.07 Å². The highest BCUT2D eigenvalue weighted by atomic mass is 79.9. The number of aromatic nitrogens is 3. The van der Waals surface area contributed by atoms with Gasteiger partial charge in [0.25, 0.3) is 0 Å².